The monoisotopic (exact) mass is 510 g/mol. The van der Waals surface area contributed by atoms with E-state index < -0.39 is 28.0 Å². The lowest BCUT2D eigenvalue weighted by Crippen LogP contribution is -2.18. The fraction of sp³-hybridized carbons (Fsp3) is 0.200. The third-order valence-corrected chi connectivity index (χ3v) is 5.27. The first kappa shape index (κ1) is 24.2. The van der Waals surface area contributed by atoms with E-state index in [4.69, 9.17) is 14.6 Å². The Morgan fingerprint density at radius 1 is 1.00 bits per heavy atom. The highest BCUT2D eigenvalue weighted by molar-refractivity contribution is 7.88. The van der Waals surface area contributed by atoms with Gasteiger partial charge in [0.05, 0.1) is 26.1 Å². The second-order valence-corrected chi connectivity index (χ2v) is 8.62. The molecule has 0 amide bonds. The van der Waals surface area contributed by atoms with E-state index in [1.165, 1.54) is 37.1 Å². The Bertz CT molecular complexity index is 1480. The molecule has 0 atom stereocenters. The number of fused-ring (bicyclic) bond motifs is 1. The Morgan fingerprint density at radius 2 is 1.66 bits per heavy atom. The lowest BCUT2D eigenvalue weighted by atomic mass is 10.2. The van der Waals surface area contributed by atoms with Crippen LogP contribution in [0.5, 0.6) is 17.4 Å². The van der Waals surface area contributed by atoms with E-state index in [1.807, 2.05) is 0 Å². The smallest absolute Gasteiger partial charge is 0.494 e. The van der Waals surface area contributed by atoms with Crippen LogP contribution in [0.1, 0.15) is 5.69 Å². The molecule has 0 aliphatic carbocycles. The number of benzene rings is 1. The minimum Gasteiger partial charge on any atom is -0.494 e. The van der Waals surface area contributed by atoms with Crippen molar-refractivity contribution in [3.8, 4) is 34.6 Å². The first-order valence-corrected chi connectivity index (χ1v) is 11.4. The average molecular weight is 510 g/mol. The van der Waals surface area contributed by atoms with Gasteiger partial charge in [0.25, 0.3) is 0 Å². The summed E-state index contributed by atoms with van der Waals surface area (Å²) < 4.78 is 77.8. The number of hydrogen-bond acceptors (Lipinski definition) is 9. The second kappa shape index (κ2) is 8.99. The van der Waals surface area contributed by atoms with E-state index in [-0.39, 0.29) is 34.2 Å². The number of rotatable bonds is 7. The maximum Gasteiger partial charge on any atom is 0.574 e. The van der Waals surface area contributed by atoms with Gasteiger partial charge in [0, 0.05) is 6.07 Å². The summed E-state index contributed by atoms with van der Waals surface area (Å²) in [4.78, 5) is 16.8. The van der Waals surface area contributed by atoms with Crippen LogP contribution in [0.2, 0.25) is 0 Å². The standard InChI is InChI=1S/C20H17F3N6O5S/c1-32-13-6-4-7-14(33-2)16(13)29-18(12-5-3-8-15(27-12)34-20(21,22)23)28-17-19(29)26-11(9-25-17)10-35(24,30)31/h3-9H,10H2,1-2H3,(H2,24,30,31). The van der Waals surface area contributed by atoms with E-state index in [0.29, 0.717) is 11.5 Å². The molecule has 0 spiro atoms. The van der Waals surface area contributed by atoms with Crippen molar-refractivity contribution in [1.82, 2.24) is 24.5 Å². The largest absolute Gasteiger partial charge is 0.574 e. The fourth-order valence-electron chi connectivity index (χ4n) is 3.31. The number of primary sulfonamides is 1. The molecule has 184 valence electrons. The van der Waals surface area contributed by atoms with Gasteiger partial charge in [-0.25, -0.2) is 33.5 Å². The molecule has 4 aromatic rings. The van der Waals surface area contributed by atoms with Crippen LogP contribution >= 0.6 is 0 Å². The molecule has 0 fully saturated rings. The highest BCUT2D eigenvalue weighted by Gasteiger charge is 2.32. The highest BCUT2D eigenvalue weighted by atomic mass is 32.2. The van der Waals surface area contributed by atoms with Crippen LogP contribution < -0.4 is 19.3 Å². The number of pyridine rings is 1. The van der Waals surface area contributed by atoms with Crippen molar-refractivity contribution in [2.45, 2.75) is 12.1 Å². The molecular weight excluding hydrogens is 493 g/mol. The lowest BCUT2D eigenvalue weighted by molar-refractivity contribution is -0.276. The molecule has 0 aliphatic heterocycles. The molecule has 11 nitrogen and oxygen atoms in total. The van der Waals surface area contributed by atoms with Gasteiger partial charge < -0.3 is 14.2 Å². The number of halogens is 3. The maximum absolute atomic E-state index is 12.8. The molecule has 2 N–H and O–H groups in total. The molecular formula is C20H17F3N6O5S. The molecule has 3 aromatic heterocycles. The zero-order chi connectivity index (χ0) is 25.4. The first-order valence-electron chi connectivity index (χ1n) is 9.68. The van der Waals surface area contributed by atoms with E-state index in [9.17, 15) is 21.6 Å². The molecule has 0 bridgehead atoms. The molecule has 0 radical (unpaired) electrons. The average Bonchev–Trinajstić information content (AvgIpc) is 3.14. The number of alkyl halides is 3. The van der Waals surface area contributed by atoms with Crippen molar-refractivity contribution in [2.75, 3.05) is 14.2 Å². The Labute approximate surface area is 196 Å². The van der Waals surface area contributed by atoms with Gasteiger partial charge in [0.2, 0.25) is 15.9 Å². The Morgan fingerprint density at radius 3 is 2.26 bits per heavy atom. The van der Waals surface area contributed by atoms with Crippen LogP contribution in [0, 0.1) is 0 Å². The Hall–Kier alpha value is -3.98. The molecule has 0 saturated heterocycles. The van der Waals surface area contributed by atoms with Crippen LogP contribution in [0.25, 0.3) is 28.5 Å². The quantitative estimate of drug-likeness (QED) is 0.397. The van der Waals surface area contributed by atoms with Gasteiger partial charge in [-0.15, -0.1) is 13.2 Å². The summed E-state index contributed by atoms with van der Waals surface area (Å²) in [7, 11) is -1.12. The van der Waals surface area contributed by atoms with Crippen LogP contribution in [-0.4, -0.2) is 53.5 Å². The number of nitrogens with two attached hydrogens (primary N) is 1. The number of nitrogens with zero attached hydrogens (tertiary/aromatic N) is 5. The van der Waals surface area contributed by atoms with Crippen LogP contribution in [0.3, 0.4) is 0 Å². The fourth-order valence-corrected chi connectivity index (χ4v) is 3.87. The molecule has 15 heteroatoms. The van der Waals surface area contributed by atoms with Crippen molar-refractivity contribution in [3.63, 3.8) is 0 Å². The van der Waals surface area contributed by atoms with Crippen LogP contribution in [0.15, 0.2) is 42.6 Å². The van der Waals surface area contributed by atoms with Crippen molar-refractivity contribution in [1.29, 1.82) is 0 Å². The topological polar surface area (TPSA) is 144 Å². The number of sulfonamides is 1. The van der Waals surface area contributed by atoms with E-state index in [1.54, 1.807) is 18.2 Å². The highest BCUT2D eigenvalue weighted by Crippen LogP contribution is 2.38. The minimum absolute atomic E-state index is 0.0168. The summed E-state index contributed by atoms with van der Waals surface area (Å²) in [6.45, 7) is 0. The van der Waals surface area contributed by atoms with Gasteiger partial charge in [-0.3, -0.25) is 4.57 Å². The maximum atomic E-state index is 12.8. The lowest BCUT2D eigenvalue weighted by Gasteiger charge is -2.16. The third-order valence-electron chi connectivity index (χ3n) is 4.57. The normalized spacial score (nSPS) is 12.1. The summed E-state index contributed by atoms with van der Waals surface area (Å²) in [6.07, 6.45) is -3.77. The van der Waals surface area contributed by atoms with Gasteiger partial charge in [0.1, 0.15) is 28.6 Å². The summed E-state index contributed by atoms with van der Waals surface area (Å²) >= 11 is 0. The predicted octanol–water partition coefficient (Wildman–Crippen LogP) is 2.58. The summed E-state index contributed by atoms with van der Waals surface area (Å²) in [5, 5.41) is 5.14. The van der Waals surface area contributed by atoms with Gasteiger partial charge >= 0.3 is 6.36 Å². The third kappa shape index (κ3) is 5.25. The first-order chi connectivity index (χ1) is 16.5. The molecule has 1 aromatic carbocycles. The van der Waals surface area contributed by atoms with E-state index in [2.05, 4.69) is 24.7 Å². The number of imidazole rings is 1. The van der Waals surface area contributed by atoms with Crippen molar-refractivity contribution in [3.05, 3.63) is 48.3 Å². The molecule has 3 heterocycles. The van der Waals surface area contributed by atoms with Crippen molar-refractivity contribution >= 4 is 21.3 Å². The second-order valence-electron chi connectivity index (χ2n) is 7.01. The molecule has 4 rings (SSSR count). The van der Waals surface area contributed by atoms with E-state index >= 15 is 0 Å². The van der Waals surface area contributed by atoms with Crippen molar-refractivity contribution in [2.24, 2.45) is 5.14 Å². The van der Waals surface area contributed by atoms with Gasteiger partial charge in [-0.1, -0.05) is 12.1 Å². The summed E-state index contributed by atoms with van der Waals surface area (Å²) in [6, 6.07) is 8.65. The minimum atomic E-state index is -4.96. The van der Waals surface area contributed by atoms with Crippen LogP contribution in [0.4, 0.5) is 13.2 Å². The summed E-state index contributed by atoms with van der Waals surface area (Å²) in [5.41, 5.74) is 0.389. The van der Waals surface area contributed by atoms with Crippen molar-refractivity contribution < 1.29 is 35.8 Å². The zero-order valence-corrected chi connectivity index (χ0v) is 19.0. The Balaban J connectivity index is 2.04. The molecule has 0 unspecified atom stereocenters. The number of ether oxygens (including phenoxy) is 3. The van der Waals surface area contributed by atoms with Gasteiger partial charge in [-0.05, 0) is 18.2 Å². The zero-order valence-electron chi connectivity index (χ0n) is 18.1. The molecule has 0 saturated carbocycles. The van der Waals surface area contributed by atoms with E-state index in [0.717, 1.165) is 6.07 Å². The SMILES string of the molecule is COc1cccc(OC)c1-n1c(-c2cccc(OC(F)(F)F)n2)nc2ncc(CS(N)(=O)=O)nc21. The number of aromatic nitrogens is 5. The summed E-state index contributed by atoms with van der Waals surface area (Å²) in [5.74, 6) is -0.704. The molecule has 35 heavy (non-hydrogen) atoms. The van der Waals surface area contributed by atoms with Gasteiger partial charge in [0.15, 0.2) is 17.1 Å². The Kier molecular flexibility index (Phi) is 6.21. The molecule has 0 aliphatic rings. The number of methoxy groups -OCH3 is 2. The number of para-hydroxylation sites is 1. The number of hydrogen-bond donors (Lipinski definition) is 1. The van der Waals surface area contributed by atoms with Gasteiger partial charge in [-0.2, -0.15) is 0 Å². The van der Waals surface area contributed by atoms with Crippen LogP contribution in [-0.2, 0) is 15.8 Å². The predicted molar refractivity (Wildman–Crippen MR) is 116 cm³/mol.